The molecule has 2 heterocycles. The Morgan fingerprint density at radius 3 is 2.04 bits per heavy atom. The third-order valence-electron chi connectivity index (χ3n) is 9.61. The molecule has 1 saturated heterocycles. The topological polar surface area (TPSA) is 156 Å². The van der Waals surface area contributed by atoms with Crippen molar-refractivity contribution in [3.63, 3.8) is 0 Å². The number of nitrogens with zero attached hydrogens (tertiary/aromatic N) is 2. The number of aromatic carboxylic acids is 1. The molecule has 0 saturated carbocycles. The minimum atomic E-state index is -0.978. The molecule has 1 aliphatic heterocycles. The fourth-order valence-corrected chi connectivity index (χ4v) is 8.00. The van der Waals surface area contributed by atoms with Crippen LogP contribution in [0.15, 0.2) is 72.8 Å². The van der Waals surface area contributed by atoms with Crippen molar-refractivity contribution in [2.24, 2.45) is 0 Å². The lowest BCUT2D eigenvalue weighted by Gasteiger charge is -2.34. The fourth-order valence-electron chi connectivity index (χ4n) is 6.72. The van der Waals surface area contributed by atoms with Gasteiger partial charge >= 0.3 is 11.9 Å². The van der Waals surface area contributed by atoms with Crippen LogP contribution in [0.5, 0.6) is 0 Å². The van der Waals surface area contributed by atoms with Gasteiger partial charge in [0, 0.05) is 55.3 Å². The Kier molecular flexibility index (Phi) is 11.8. The average molecular weight is 723 g/mol. The first-order valence-corrected chi connectivity index (χ1v) is 18.4. The van der Waals surface area contributed by atoms with Gasteiger partial charge in [-0.2, -0.15) is 0 Å². The number of rotatable bonds is 13. The van der Waals surface area contributed by atoms with E-state index < -0.39 is 11.9 Å². The second-order valence-electron chi connectivity index (χ2n) is 13.3. The second kappa shape index (κ2) is 16.8. The largest absolute Gasteiger partial charge is 0.481 e. The average Bonchev–Trinajstić information content (AvgIpc) is 3.52. The summed E-state index contributed by atoms with van der Waals surface area (Å²) in [5, 5.41) is 24.6. The predicted molar refractivity (Wildman–Crippen MR) is 199 cm³/mol. The van der Waals surface area contributed by atoms with Crippen LogP contribution in [-0.2, 0) is 41.8 Å². The first-order valence-electron chi connectivity index (χ1n) is 17.6. The zero-order valence-corrected chi connectivity index (χ0v) is 29.7. The molecule has 3 aromatic carbocycles. The number of anilines is 2. The lowest BCUT2D eigenvalue weighted by molar-refractivity contribution is -0.141. The van der Waals surface area contributed by atoms with Gasteiger partial charge in [-0.15, -0.1) is 11.3 Å². The number of piperazine rings is 1. The molecule has 12 heteroatoms. The predicted octanol–water partition coefficient (Wildman–Crippen LogP) is 6.12. The van der Waals surface area contributed by atoms with Crippen molar-refractivity contribution in [3.05, 3.63) is 117 Å². The van der Waals surface area contributed by atoms with E-state index in [-0.39, 0.29) is 36.1 Å². The zero-order valence-electron chi connectivity index (χ0n) is 28.9. The van der Waals surface area contributed by atoms with Gasteiger partial charge in [-0.05, 0) is 97.2 Å². The molecule has 11 nitrogen and oxygen atoms in total. The lowest BCUT2D eigenvalue weighted by atomic mass is 9.95. The van der Waals surface area contributed by atoms with Crippen LogP contribution in [0.3, 0.4) is 0 Å². The summed E-state index contributed by atoms with van der Waals surface area (Å²) in [5.74, 6) is -2.60. The molecule has 1 aliphatic carbocycles. The van der Waals surface area contributed by atoms with Crippen LogP contribution < -0.4 is 10.6 Å². The Bertz CT molecular complexity index is 1950. The second-order valence-corrected chi connectivity index (χ2v) is 14.4. The van der Waals surface area contributed by atoms with Gasteiger partial charge in [-0.3, -0.25) is 24.1 Å². The molecule has 0 unspecified atom stereocenters. The molecule has 3 amide bonds. The number of amides is 3. The fraction of sp³-hybridized carbons (Fsp3) is 0.325. The van der Waals surface area contributed by atoms with Gasteiger partial charge in [0.15, 0.2) is 0 Å². The highest BCUT2D eigenvalue weighted by molar-refractivity contribution is 7.17. The molecular weight excluding hydrogens is 681 g/mol. The summed E-state index contributed by atoms with van der Waals surface area (Å²) in [7, 11) is 0. The molecule has 4 aromatic rings. The van der Waals surface area contributed by atoms with Gasteiger partial charge in [-0.1, -0.05) is 36.4 Å². The first kappa shape index (κ1) is 36.5. The molecule has 2 aliphatic rings. The summed E-state index contributed by atoms with van der Waals surface area (Å²) < 4.78 is 0. The number of aliphatic carboxylic acids is 1. The highest BCUT2D eigenvalue weighted by Gasteiger charge is 2.27. The molecule has 1 aromatic heterocycles. The first-order chi connectivity index (χ1) is 25.1. The lowest BCUT2D eigenvalue weighted by Crippen LogP contribution is -2.48. The summed E-state index contributed by atoms with van der Waals surface area (Å²) in [4.78, 5) is 66.7. The Labute approximate surface area is 306 Å². The van der Waals surface area contributed by atoms with Crippen LogP contribution in [0.1, 0.15) is 83.9 Å². The summed E-state index contributed by atoms with van der Waals surface area (Å²) in [6.45, 7) is 2.98. The number of carboxylic acids is 2. The third kappa shape index (κ3) is 9.31. The molecule has 1 fully saturated rings. The van der Waals surface area contributed by atoms with E-state index in [1.54, 1.807) is 23.1 Å². The number of hydrogen-bond acceptors (Lipinski definition) is 7. The maximum absolute atomic E-state index is 13.8. The Hall–Kier alpha value is -5.33. The van der Waals surface area contributed by atoms with Gasteiger partial charge in [-0.25, -0.2) is 4.79 Å². The molecule has 4 N–H and O–H groups in total. The van der Waals surface area contributed by atoms with Crippen molar-refractivity contribution in [2.45, 2.75) is 57.9 Å². The van der Waals surface area contributed by atoms with Gasteiger partial charge in [0.2, 0.25) is 5.91 Å². The molecular formula is C40H42N4O7S. The molecule has 52 heavy (non-hydrogen) atoms. The minimum absolute atomic E-state index is 0.00711. The van der Waals surface area contributed by atoms with E-state index in [2.05, 4.69) is 15.5 Å². The zero-order chi connectivity index (χ0) is 36.6. The summed E-state index contributed by atoms with van der Waals surface area (Å²) in [6, 6.07) is 22.0. The van der Waals surface area contributed by atoms with E-state index in [0.717, 1.165) is 65.7 Å². The minimum Gasteiger partial charge on any atom is -0.481 e. The van der Waals surface area contributed by atoms with Crippen molar-refractivity contribution in [2.75, 3.05) is 36.8 Å². The normalized spacial score (nSPS) is 14.3. The van der Waals surface area contributed by atoms with Crippen LogP contribution >= 0.6 is 11.3 Å². The number of hydrogen-bond donors (Lipinski definition) is 4. The number of carbonyl (C=O) groups is 5. The van der Waals surface area contributed by atoms with Crippen molar-refractivity contribution < 1.29 is 34.2 Å². The number of carboxylic acid groups (broad SMARTS) is 2. The van der Waals surface area contributed by atoms with Gasteiger partial charge in [0.05, 0.1) is 17.5 Å². The third-order valence-corrected chi connectivity index (χ3v) is 10.8. The number of carbonyl (C=O) groups excluding carboxylic acids is 3. The number of nitrogens with one attached hydrogen (secondary N) is 2. The van der Waals surface area contributed by atoms with E-state index in [9.17, 15) is 24.0 Å². The quantitative estimate of drug-likeness (QED) is 0.129. The van der Waals surface area contributed by atoms with E-state index >= 15 is 0 Å². The highest BCUT2D eigenvalue weighted by atomic mass is 32.1. The summed E-state index contributed by atoms with van der Waals surface area (Å²) in [6.07, 6.45) is 5.05. The van der Waals surface area contributed by atoms with Gasteiger partial charge < -0.3 is 25.7 Å². The molecule has 0 spiro atoms. The monoisotopic (exact) mass is 722 g/mol. The SMILES string of the molecule is O=C(O)CCC(=O)N1CCN(Cc2cccc(C(=O)Nc3sc4c(c3C(=O)Nc3ccc(CCc5ccc(C(=O)O)cc5)cc3)CCCC4)c2)CC1. The molecule has 0 bridgehead atoms. The van der Waals surface area contributed by atoms with E-state index in [1.807, 2.05) is 54.6 Å². The highest BCUT2D eigenvalue weighted by Crippen LogP contribution is 2.39. The van der Waals surface area contributed by atoms with Crippen LogP contribution in [0.4, 0.5) is 10.7 Å². The van der Waals surface area contributed by atoms with E-state index in [0.29, 0.717) is 54.5 Å². The van der Waals surface area contributed by atoms with Crippen LogP contribution in [-0.4, -0.2) is 75.9 Å². The Morgan fingerprint density at radius 1 is 0.692 bits per heavy atom. The van der Waals surface area contributed by atoms with Crippen molar-refractivity contribution in [1.82, 2.24) is 9.80 Å². The van der Waals surface area contributed by atoms with E-state index in [4.69, 9.17) is 10.2 Å². The number of thiophene rings is 1. The van der Waals surface area contributed by atoms with Gasteiger partial charge in [0.1, 0.15) is 5.00 Å². The van der Waals surface area contributed by atoms with Crippen molar-refractivity contribution in [1.29, 1.82) is 0 Å². The van der Waals surface area contributed by atoms with Crippen molar-refractivity contribution in [3.8, 4) is 0 Å². The number of aryl methyl sites for hydroxylation is 3. The van der Waals surface area contributed by atoms with Crippen LogP contribution in [0, 0.1) is 0 Å². The molecule has 270 valence electrons. The number of fused-ring (bicyclic) bond motifs is 1. The Balaban J connectivity index is 1.07. The van der Waals surface area contributed by atoms with Crippen LogP contribution in [0.25, 0.3) is 0 Å². The maximum atomic E-state index is 13.8. The van der Waals surface area contributed by atoms with Crippen molar-refractivity contribution >= 4 is 51.7 Å². The van der Waals surface area contributed by atoms with E-state index in [1.165, 1.54) is 11.3 Å². The molecule has 0 radical (unpaired) electrons. The molecule has 6 rings (SSSR count). The maximum Gasteiger partial charge on any atom is 0.335 e. The summed E-state index contributed by atoms with van der Waals surface area (Å²) >= 11 is 1.47. The smallest absolute Gasteiger partial charge is 0.335 e. The standard InChI is InChI=1S/C40H42N4O7S/c45-34(18-19-35(46)47)44-22-20-43(21-23-44)25-28-4-3-5-30(24-28)37(48)42-39-36(32-6-1-2-7-33(32)52-39)38(49)41-31-16-12-27(13-17-31)9-8-26-10-14-29(15-11-26)40(50)51/h3-5,10-17,24H,1-2,6-9,18-23,25H2,(H,41,49)(H,42,48)(H,46,47)(H,50,51). The molecule has 0 atom stereocenters. The Morgan fingerprint density at radius 2 is 1.37 bits per heavy atom. The summed E-state index contributed by atoms with van der Waals surface area (Å²) in [5.41, 5.74) is 6.04. The van der Waals surface area contributed by atoms with Gasteiger partial charge in [0.25, 0.3) is 11.8 Å². The van der Waals surface area contributed by atoms with Crippen LogP contribution in [0.2, 0.25) is 0 Å². The number of benzene rings is 3.